The molecule has 2 rings (SSSR count). The Bertz CT molecular complexity index is 436. The first kappa shape index (κ1) is 15.1. The smallest absolute Gasteiger partial charge is 0.125 e. The van der Waals surface area contributed by atoms with Gasteiger partial charge in [0.05, 0.1) is 19.8 Å². The number of nitrogens with zero attached hydrogens (tertiary/aromatic N) is 1. The van der Waals surface area contributed by atoms with Crippen molar-refractivity contribution in [1.82, 2.24) is 5.32 Å². The van der Waals surface area contributed by atoms with E-state index < -0.39 is 0 Å². The Morgan fingerprint density at radius 1 is 1.45 bits per heavy atom. The van der Waals surface area contributed by atoms with Crippen LogP contribution in [0.5, 0.6) is 5.75 Å². The molecule has 1 aliphatic heterocycles. The van der Waals surface area contributed by atoms with Gasteiger partial charge >= 0.3 is 0 Å². The van der Waals surface area contributed by atoms with E-state index in [1.54, 1.807) is 7.11 Å². The van der Waals surface area contributed by atoms with Crippen molar-refractivity contribution in [3.05, 3.63) is 23.8 Å². The minimum absolute atomic E-state index is 0.211. The zero-order chi connectivity index (χ0) is 14.5. The Kier molecular flexibility index (Phi) is 5.26. The van der Waals surface area contributed by atoms with Gasteiger partial charge in [0.15, 0.2) is 0 Å². The average molecular weight is 278 g/mol. The van der Waals surface area contributed by atoms with Crippen LogP contribution in [0.15, 0.2) is 18.2 Å². The molecule has 1 saturated heterocycles. The fraction of sp³-hybridized carbons (Fsp3) is 0.625. The second kappa shape index (κ2) is 6.95. The highest BCUT2D eigenvalue weighted by Gasteiger charge is 2.26. The summed E-state index contributed by atoms with van der Waals surface area (Å²) in [5.74, 6) is 0.909. The molecule has 0 spiro atoms. The number of anilines is 1. The predicted molar refractivity (Wildman–Crippen MR) is 82.5 cm³/mol. The molecule has 1 aliphatic rings. The maximum Gasteiger partial charge on any atom is 0.125 e. The lowest BCUT2D eigenvalue weighted by Gasteiger charge is -2.38. The van der Waals surface area contributed by atoms with E-state index in [1.165, 1.54) is 24.1 Å². The Morgan fingerprint density at radius 2 is 2.25 bits per heavy atom. The first-order chi connectivity index (χ1) is 9.72. The summed E-state index contributed by atoms with van der Waals surface area (Å²) in [4.78, 5) is 2.34. The van der Waals surface area contributed by atoms with Crippen LogP contribution < -0.4 is 15.0 Å². The molecule has 1 fully saturated rings. The highest BCUT2D eigenvalue weighted by Crippen LogP contribution is 2.37. The zero-order valence-electron chi connectivity index (χ0n) is 12.7. The van der Waals surface area contributed by atoms with Gasteiger partial charge in [0.2, 0.25) is 0 Å². The van der Waals surface area contributed by atoms with E-state index in [4.69, 9.17) is 4.74 Å². The number of hydrogen-bond acceptors (Lipinski definition) is 4. The number of piperidine rings is 1. The molecular weight excluding hydrogens is 252 g/mol. The zero-order valence-corrected chi connectivity index (χ0v) is 12.7. The van der Waals surface area contributed by atoms with E-state index in [9.17, 15) is 5.11 Å². The third-order valence-electron chi connectivity index (χ3n) is 4.28. The minimum Gasteiger partial charge on any atom is -0.496 e. The van der Waals surface area contributed by atoms with Gasteiger partial charge in [0, 0.05) is 23.8 Å². The van der Waals surface area contributed by atoms with Crippen molar-refractivity contribution in [3.8, 4) is 5.75 Å². The number of aliphatic hydroxyl groups excluding tert-OH is 1. The molecule has 2 unspecified atom stereocenters. The van der Waals surface area contributed by atoms with Crippen LogP contribution in [0.3, 0.4) is 0 Å². The summed E-state index contributed by atoms with van der Waals surface area (Å²) >= 11 is 0. The van der Waals surface area contributed by atoms with Gasteiger partial charge in [-0.1, -0.05) is 6.07 Å². The molecule has 2 N–H and O–H groups in total. The Labute approximate surface area is 121 Å². The van der Waals surface area contributed by atoms with Crippen molar-refractivity contribution in [1.29, 1.82) is 0 Å². The summed E-state index contributed by atoms with van der Waals surface area (Å²) in [6, 6.07) is 6.61. The van der Waals surface area contributed by atoms with Crippen molar-refractivity contribution >= 4 is 5.69 Å². The van der Waals surface area contributed by atoms with Gasteiger partial charge in [-0.05, 0) is 45.4 Å². The van der Waals surface area contributed by atoms with Crippen LogP contribution >= 0.6 is 0 Å². The van der Waals surface area contributed by atoms with Gasteiger partial charge in [-0.25, -0.2) is 0 Å². The van der Waals surface area contributed by atoms with E-state index >= 15 is 0 Å². The second-order valence-electron chi connectivity index (χ2n) is 5.43. The standard InChI is InChI=1S/C16H26N2O2/c1-12(17-2)16-14(8-6-9-15(16)20-3)18-10-5-4-7-13(18)11-19/h6,8-9,12-13,17,19H,4-5,7,10-11H2,1-3H3. The molecule has 1 aromatic rings. The average Bonchev–Trinajstić information content (AvgIpc) is 2.53. The fourth-order valence-electron chi connectivity index (χ4n) is 3.05. The molecule has 112 valence electrons. The van der Waals surface area contributed by atoms with Crippen LogP contribution in [-0.4, -0.2) is 38.5 Å². The van der Waals surface area contributed by atoms with Crippen molar-refractivity contribution in [3.63, 3.8) is 0 Å². The van der Waals surface area contributed by atoms with E-state index in [-0.39, 0.29) is 18.7 Å². The fourth-order valence-corrected chi connectivity index (χ4v) is 3.05. The summed E-state index contributed by atoms with van der Waals surface area (Å²) < 4.78 is 5.54. The molecule has 4 heteroatoms. The van der Waals surface area contributed by atoms with E-state index in [0.29, 0.717) is 0 Å². The van der Waals surface area contributed by atoms with Gasteiger partial charge < -0.3 is 20.1 Å². The van der Waals surface area contributed by atoms with Crippen molar-refractivity contribution in [2.75, 3.05) is 32.2 Å². The van der Waals surface area contributed by atoms with Crippen molar-refractivity contribution in [2.45, 2.75) is 38.3 Å². The summed E-state index contributed by atoms with van der Waals surface area (Å²) in [5.41, 5.74) is 2.36. The second-order valence-corrected chi connectivity index (χ2v) is 5.43. The molecule has 0 bridgehead atoms. The number of hydrogen-bond donors (Lipinski definition) is 2. The summed E-state index contributed by atoms with van der Waals surface area (Å²) in [6.07, 6.45) is 3.44. The molecule has 0 aliphatic carbocycles. The van der Waals surface area contributed by atoms with Crippen LogP contribution in [0.2, 0.25) is 0 Å². The summed E-state index contributed by atoms with van der Waals surface area (Å²) in [5, 5.41) is 12.9. The minimum atomic E-state index is 0.211. The van der Waals surface area contributed by atoms with Gasteiger partial charge in [-0.3, -0.25) is 0 Å². The lowest BCUT2D eigenvalue weighted by Crippen LogP contribution is -2.42. The maximum atomic E-state index is 9.65. The van der Waals surface area contributed by atoms with Crippen LogP contribution in [0.25, 0.3) is 0 Å². The molecule has 1 heterocycles. The molecule has 0 aromatic heterocycles. The number of benzene rings is 1. The quantitative estimate of drug-likeness (QED) is 0.867. The molecule has 20 heavy (non-hydrogen) atoms. The summed E-state index contributed by atoms with van der Waals surface area (Å²) in [7, 11) is 3.67. The number of nitrogens with one attached hydrogen (secondary N) is 1. The topological polar surface area (TPSA) is 44.7 Å². The van der Waals surface area contributed by atoms with Crippen LogP contribution in [0.4, 0.5) is 5.69 Å². The molecule has 4 nitrogen and oxygen atoms in total. The van der Waals surface area contributed by atoms with Gasteiger partial charge in [-0.2, -0.15) is 0 Å². The van der Waals surface area contributed by atoms with Crippen LogP contribution in [0.1, 0.15) is 37.8 Å². The van der Waals surface area contributed by atoms with Gasteiger partial charge in [-0.15, -0.1) is 0 Å². The van der Waals surface area contributed by atoms with E-state index in [0.717, 1.165) is 18.7 Å². The number of methoxy groups -OCH3 is 1. The molecule has 1 aromatic carbocycles. The normalized spacial score (nSPS) is 20.8. The number of ether oxygens (including phenoxy) is 1. The van der Waals surface area contributed by atoms with E-state index in [1.807, 2.05) is 19.2 Å². The molecule has 2 atom stereocenters. The molecular formula is C16H26N2O2. The summed E-state index contributed by atoms with van der Waals surface area (Å²) in [6.45, 7) is 3.35. The Hall–Kier alpha value is -1.26. The highest BCUT2D eigenvalue weighted by molar-refractivity contribution is 5.61. The first-order valence-electron chi connectivity index (χ1n) is 7.44. The van der Waals surface area contributed by atoms with Crippen LogP contribution in [-0.2, 0) is 0 Å². The monoisotopic (exact) mass is 278 g/mol. The SMILES string of the molecule is CNC(C)c1c(OC)cccc1N1CCCCC1CO. The van der Waals surface area contributed by atoms with Gasteiger partial charge in [0.1, 0.15) is 5.75 Å². The lowest BCUT2D eigenvalue weighted by atomic mass is 9.97. The third kappa shape index (κ3) is 2.91. The van der Waals surface area contributed by atoms with E-state index in [2.05, 4.69) is 23.2 Å². The first-order valence-corrected chi connectivity index (χ1v) is 7.44. The third-order valence-corrected chi connectivity index (χ3v) is 4.28. The van der Waals surface area contributed by atoms with Crippen LogP contribution in [0, 0.1) is 0 Å². The van der Waals surface area contributed by atoms with Crippen molar-refractivity contribution < 1.29 is 9.84 Å². The maximum absolute atomic E-state index is 9.65. The Morgan fingerprint density at radius 3 is 2.90 bits per heavy atom. The highest BCUT2D eigenvalue weighted by atomic mass is 16.5. The van der Waals surface area contributed by atoms with Crippen molar-refractivity contribution in [2.24, 2.45) is 0 Å². The lowest BCUT2D eigenvalue weighted by molar-refractivity contribution is 0.239. The number of aliphatic hydroxyl groups is 1. The predicted octanol–water partition coefficient (Wildman–Crippen LogP) is 2.33. The molecule has 0 amide bonds. The Balaban J connectivity index is 2.43. The van der Waals surface area contributed by atoms with Gasteiger partial charge in [0.25, 0.3) is 0 Å². The number of rotatable bonds is 5. The largest absolute Gasteiger partial charge is 0.496 e. The molecule has 0 radical (unpaired) electrons. The molecule has 0 saturated carbocycles.